The Bertz CT molecular complexity index is 875. The topological polar surface area (TPSA) is 49.8 Å². The summed E-state index contributed by atoms with van der Waals surface area (Å²) in [6.07, 6.45) is 0. The van der Waals surface area contributed by atoms with Gasteiger partial charge < -0.3 is 10.6 Å². The molecule has 0 aliphatic carbocycles. The number of aromatic nitrogens is 2. The molecular formula is C20H21BrN4. The monoisotopic (exact) mass is 396 g/mol. The lowest BCUT2D eigenvalue weighted by Gasteiger charge is -2.11. The Hall–Kier alpha value is -2.40. The van der Waals surface area contributed by atoms with Crippen molar-refractivity contribution in [3.8, 4) is 0 Å². The third-order valence-electron chi connectivity index (χ3n) is 3.82. The van der Waals surface area contributed by atoms with Crippen LogP contribution in [0.5, 0.6) is 0 Å². The molecule has 3 aromatic rings. The van der Waals surface area contributed by atoms with Gasteiger partial charge in [-0.15, -0.1) is 0 Å². The molecule has 0 saturated carbocycles. The van der Waals surface area contributed by atoms with Crippen molar-refractivity contribution in [2.45, 2.75) is 27.3 Å². The molecule has 0 aliphatic rings. The molecule has 0 saturated heterocycles. The van der Waals surface area contributed by atoms with Gasteiger partial charge in [-0.1, -0.05) is 35.9 Å². The number of halogens is 1. The fourth-order valence-corrected chi connectivity index (χ4v) is 3.05. The number of nitrogens with zero attached hydrogens (tertiary/aromatic N) is 2. The first-order valence-electron chi connectivity index (χ1n) is 8.18. The molecule has 4 nitrogen and oxygen atoms in total. The van der Waals surface area contributed by atoms with E-state index in [-0.39, 0.29) is 0 Å². The molecule has 0 unspecified atom stereocenters. The van der Waals surface area contributed by atoms with Gasteiger partial charge in [0.15, 0.2) is 0 Å². The minimum Gasteiger partial charge on any atom is -0.366 e. The van der Waals surface area contributed by atoms with Crippen molar-refractivity contribution in [3.63, 3.8) is 0 Å². The first-order valence-corrected chi connectivity index (χ1v) is 8.97. The van der Waals surface area contributed by atoms with E-state index in [0.29, 0.717) is 5.95 Å². The predicted molar refractivity (Wildman–Crippen MR) is 107 cm³/mol. The molecule has 0 fully saturated rings. The van der Waals surface area contributed by atoms with Gasteiger partial charge >= 0.3 is 0 Å². The zero-order valence-electron chi connectivity index (χ0n) is 14.6. The summed E-state index contributed by atoms with van der Waals surface area (Å²) < 4.78 is 0.992. The number of hydrogen-bond acceptors (Lipinski definition) is 4. The average Bonchev–Trinajstić information content (AvgIpc) is 2.56. The standard InChI is InChI=1S/C20H21BrN4/c1-13-4-7-16(8-5-13)12-22-19-11-15(3)23-20(25-19)24-18-9-6-14(2)10-17(18)21/h4-11H,12H2,1-3H3,(H2,22,23,24,25). The largest absolute Gasteiger partial charge is 0.366 e. The van der Waals surface area contributed by atoms with Crippen molar-refractivity contribution in [2.24, 2.45) is 0 Å². The van der Waals surface area contributed by atoms with Crippen molar-refractivity contribution in [1.29, 1.82) is 0 Å². The van der Waals surface area contributed by atoms with Gasteiger partial charge in [0.2, 0.25) is 5.95 Å². The molecule has 128 valence electrons. The Morgan fingerprint density at radius 1 is 0.880 bits per heavy atom. The second-order valence-corrected chi connectivity index (χ2v) is 7.02. The van der Waals surface area contributed by atoms with Crippen LogP contribution in [0.15, 0.2) is 53.0 Å². The Labute approximate surface area is 156 Å². The lowest BCUT2D eigenvalue weighted by molar-refractivity contribution is 1.06. The summed E-state index contributed by atoms with van der Waals surface area (Å²) in [4.78, 5) is 9.05. The zero-order valence-corrected chi connectivity index (χ0v) is 16.2. The Morgan fingerprint density at radius 3 is 2.32 bits per heavy atom. The summed E-state index contributed by atoms with van der Waals surface area (Å²) in [5.74, 6) is 1.38. The van der Waals surface area contributed by atoms with Crippen molar-refractivity contribution in [3.05, 3.63) is 75.4 Å². The molecule has 2 aromatic carbocycles. The smallest absolute Gasteiger partial charge is 0.229 e. The Morgan fingerprint density at radius 2 is 1.60 bits per heavy atom. The lowest BCUT2D eigenvalue weighted by Crippen LogP contribution is -2.06. The molecular weight excluding hydrogens is 376 g/mol. The summed E-state index contributed by atoms with van der Waals surface area (Å²) in [6, 6.07) is 16.6. The zero-order chi connectivity index (χ0) is 17.8. The van der Waals surface area contributed by atoms with Crippen LogP contribution in [0.3, 0.4) is 0 Å². The van der Waals surface area contributed by atoms with E-state index in [9.17, 15) is 0 Å². The van der Waals surface area contributed by atoms with Gasteiger partial charge in [0.25, 0.3) is 0 Å². The fourth-order valence-electron chi connectivity index (χ4n) is 2.46. The molecule has 0 radical (unpaired) electrons. The third-order valence-corrected chi connectivity index (χ3v) is 4.48. The van der Waals surface area contributed by atoms with E-state index >= 15 is 0 Å². The van der Waals surface area contributed by atoms with E-state index in [2.05, 4.69) is 86.8 Å². The Balaban J connectivity index is 1.74. The molecule has 0 atom stereocenters. The van der Waals surface area contributed by atoms with Crippen molar-refractivity contribution < 1.29 is 0 Å². The summed E-state index contributed by atoms with van der Waals surface area (Å²) in [7, 11) is 0. The second kappa shape index (κ2) is 7.66. The van der Waals surface area contributed by atoms with Crippen LogP contribution >= 0.6 is 15.9 Å². The van der Waals surface area contributed by atoms with E-state index < -0.39 is 0 Å². The molecule has 1 heterocycles. The number of anilines is 3. The molecule has 3 rings (SSSR count). The molecule has 0 bridgehead atoms. The highest BCUT2D eigenvalue weighted by Gasteiger charge is 2.06. The number of benzene rings is 2. The van der Waals surface area contributed by atoms with E-state index in [1.165, 1.54) is 16.7 Å². The molecule has 1 aromatic heterocycles. The Kier molecular flexibility index (Phi) is 5.34. The lowest BCUT2D eigenvalue weighted by atomic mass is 10.1. The second-order valence-electron chi connectivity index (χ2n) is 6.17. The van der Waals surface area contributed by atoms with Gasteiger partial charge in [0.1, 0.15) is 5.82 Å². The van der Waals surface area contributed by atoms with Gasteiger partial charge in [-0.25, -0.2) is 4.98 Å². The van der Waals surface area contributed by atoms with Crippen LogP contribution in [0.1, 0.15) is 22.4 Å². The number of aryl methyl sites for hydroxylation is 3. The molecule has 0 amide bonds. The molecule has 5 heteroatoms. The van der Waals surface area contributed by atoms with Crippen LogP contribution in [-0.2, 0) is 6.54 Å². The van der Waals surface area contributed by atoms with Crippen molar-refractivity contribution >= 4 is 33.4 Å². The van der Waals surface area contributed by atoms with Crippen LogP contribution in [0.4, 0.5) is 17.5 Å². The van der Waals surface area contributed by atoms with Crippen LogP contribution in [-0.4, -0.2) is 9.97 Å². The van der Waals surface area contributed by atoms with Gasteiger partial charge in [0.05, 0.1) is 5.69 Å². The summed E-state index contributed by atoms with van der Waals surface area (Å²) in [5.41, 5.74) is 5.53. The number of nitrogens with one attached hydrogen (secondary N) is 2. The van der Waals surface area contributed by atoms with Crippen LogP contribution in [0, 0.1) is 20.8 Å². The average molecular weight is 397 g/mol. The molecule has 0 spiro atoms. The van der Waals surface area contributed by atoms with Crippen molar-refractivity contribution in [1.82, 2.24) is 9.97 Å². The maximum atomic E-state index is 4.57. The van der Waals surface area contributed by atoms with Crippen LogP contribution in [0.2, 0.25) is 0 Å². The van der Waals surface area contributed by atoms with Crippen LogP contribution < -0.4 is 10.6 Å². The highest BCUT2D eigenvalue weighted by atomic mass is 79.9. The minimum absolute atomic E-state index is 0.580. The summed E-state index contributed by atoms with van der Waals surface area (Å²) in [6.45, 7) is 6.84. The van der Waals surface area contributed by atoms with E-state index in [0.717, 1.165) is 28.2 Å². The highest BCUT2D eigenvalue weighted by Crippen LogP contribution is 2.26. The van der Waals surface area contributed by atoms with Crippen LogP contribution in [0.25, 0.3) is 0 Å². The SMILES string of the molecule is Cc1ccc(CNc2cc(C)nc(Nc3ccc(C)cc3Br)n2)cc1. The van der Waals surface area contributed by atoms with Gasteiger partial charge in [-0.2, -0.15) is 4.98 Å². The van der Waals surface area contributed by atoms with Crippen molar-refractivity contribution in [2.75, 3.05) is 10.6 Å². The predicted octanol–water partition coefficient (Wildman–Crippen LogP) is 5.52. The van der Waals surface area contributed by atoms with Gasteiger partial charge in [0, 0.05) is 22.8 Å². The number of rotatable bonds is 5. The summed E-state index contributed by atoms with van der Waals surface area (Å²) in [5, 5.41) is 6.65. The van der Waals surface area contributed by atoms with Gasteiger partial charge in [-0.3, -0.25) is 0 Å². The normalized spacial score (nSPS) is 10.6. The molecule has 0 aliphatic heterocycles. The summed E-state index contributed by atoms with van der Waals surface area (Å²) >= 11 is 3.58. The maximum absolute atomic E-state index is 4.57. The van der Waals surface area contributed by atoms with E-state index in [1.807, 2.05) is 19.1 Å². The van der Waals surface area contributed by atoms with E-state index in [4.69, 9.17) is 0 Å². The highest BCUT2D eigenvalue weighted by molar-refractivity contribution is 9.10. The molecule has 2 N–H and O–H groups in total. The van der Waals surface area contributed by atoms with E-state index in [1.54, 1.807) is 0 Å². The maximum Gasteiger partial charge on any atom is 0.229 e. The number of hydrogen-bond donors (Lipinski definition) is 2. The van der Waals surface area contributed by atoms with Gasteiger partial charge in [-0.05, 0) is 60.0 Å². The quantitative estimate of drug-likeness (QED) is 0.595. The fraction of sp³-hybridized carbons (Fsp3) is 0.200. The third kappa shape index (κ3) is 4.79. The first kappa shape index (κ1) is 17.4. The molecule has 25 heavy (non-hydrogen) atoms. The first-order chi connectivity index (χ1) is 12.0. The minimum atomic E-state index is 0.580.